The maximum absolute atomic E-state index is 12.4. The summed E-state index contributed by atoms with van der Waals surface area (Å²) in [5.74, 6) is -0.0418. The molecule has 0 saturated carbocycles. The van der Waals surface area contributed by atoms with Gasteiger partial charge in [-0.2, -0.15) is 0 Å². The predicted octanol–water partition coefficient (Wildman–Crippen LogP) is 2.17. The van der Waals surface area contributed by atoms with Crippen molar-refractivity contribution in [2.24, 2.45) is 0 Å². The molecule has 2 rings (SSSR count). The summed E-state index contributed by atoms with van der Waals surface area (Å²) in [7, 11) is 0. The van der Waals surface area contributed by atoms with Gasteiger partial charge in [0.25, 0.3) is 0 Å². The van der Waals surface area contributed by atoms with Crippen molar-refractivity contribution in [2.75, 3.05) is 0 Å². The van der Waals surface area contributed by atoms with Crippen molar-refractivity contribution in [3.63, 3.8) is 0 Å². The topological polar surface area (TPSA) is 79.8 Å². The fourth-order valence-corrected chi connectivity index (χ4v) is 3.17. The highest BCUT2D eigenvalue weighted by Gasteiger charge is 2.21. The highest BCUT2D eigenvalue weighted by Crippen LogP contribution is 2.23. The number of nitrogens with one attached hydrogen (secondary N) is 2. The molecule has 0 bridgehead atoms. The van der Waals surface area contributed by atoms with Gasteiger partial charge in [0.05, 0.1) is 5.25 Å². The van der Waals surface area contributed by atoms with Gasteiger partial charge in [-0.3, -0.25) is 9.36 Å². The zero-order valence-corrected chi connectivity index (χ0v) is 14.2. The second-order valence-corrected chi connectivity index (χ2v) is 6.35. The van der Waals surface area contributed by atoms with Gasteiger partial charge in [0.2, 0.25) is 5.91 Å². The first-order valence-corrected chi connectivity index (χ1v) is 8.67. The lowest BCUT2D eigenvalue weighted by Gasteiger charge is -2.14. The van der Waals surface area contributed by atoms with Crippen molar-refractivity contribution in [1.82, 2.24) is 20.1 Å². The molecule has 1 heterocycles. The Bertz CT molecular complexity index is 681. The average Bonchev–Trinajstić information content (AvgIpc) is 2.92. The lowest BCUT2D eigenvalue weighted by molar-refractivity contribution is -0.120. The van der Waals surface area contributed by atoms with E-state index in [1.807, 2.05) is 44.2 Å². The van der Waals surface area contributed by atoms with Gasteiger partial charge < -0.3 is 5.32 Å². The van der Waals surface area contributed by atoms with Gasteiger partial charge in [-0.05, 0) is 18.4 Å². The number of nitrogens with zero attached hydrogens (tertiary/aromatic N) is 2. The van der Waals surface area contributed by atoms with Gasteiger partial charge in [0.15, 0.2) is 5.16 Å². The first kappa shape index (κ1) is 17.3. The molecule has 23 heavy (non-hydrogen) atoms. The zero-order chi connectivity index (χ0) is 16.7. The standard InChI is InChI=1S/C16H22N4O2S/c1-3-10-20-15(22)18-19-16(20)23-13(4-2)14(21)17-11-12-8-6-5-7-9-12/h5-9,13H,3-4,10-11H2,1-2H3,(H,17,21)(H,18,22). The fourth-order valence-electron chi connectivity index (χ4n) is 2.16. The quantitative estimate of drug-likeness (QED) is 0.725. The van der Waals surface area contributed by atoms with Crippen LogP contribution in [0, 0.1) is 0 Å². The monoisotopic (exact) mass is 334 g/mol. The minimum atomic E-state index is -0.274. The maximum atomic E-state index is 12.4. The van der Waals surface area contributed by atoms with Crippen LogP contribution in [-0.2, 0) is 17.9 Å². The van der Waals surface area contributed by atoms with Crippen LogP contribution in [0.15, 0.2) is 40.3 Å². The first-order valence-electron chi connectivity index (χ1n) is 7.79. The van der Waals surface area contributed by atoms with E-state index in [1.54, 1.807) is 4.57 Å². The van der Waals surface area contributed by atoms with Crippen LogP contribution in [0.1, 0.15) is 32.3 Å². The van der Waals surface area contributed by atoms with Crippen molar-refractivity contribution >= 4 is 17.7 Å². The number of rotatable bonds is 8. The molecule has 1 amide bonds. The van der Waals surface area contributed by atoms with Crippen LogP contribution in [0.2, 0.25) is 0 Å². The molecule has 0 aliphatic carbocycles. The number of H-pyrrole nitrogens is 1. The van der Waals surface area contributed by atoms with Crippen molar-refractivity contribution in [3.8, 4) is 0 Å². The Kier molecular flexibility index (Phi) is 6.46. The molecule has 1 aromatic carbocycles. The van der Waals surface area contributed by atoms with E-state index in [2.05, 4.69) is 15.5 Å². The summed E-state index contributed by atoms with van der Waals surface area (Å²) < 4.78 is 1.58. The Balaban J connectivity index is 1.99. The fraction of sp³-hybridized carbons (Fsp3) is 0.438. The molecule has 1 atom stereocenters. The molecule has 1 aromatic heterocycles. The largest absolute Gasteiger partial charge is 0.351 e. The van der Waals surface area contributed by atoms with Crippen molar-refractivity contribution < 1.29 is 4.79 Å². The summed E-state index contributed by atoms with van der Waals surface area (Å²) >= 11 is 1.33. The molecule has 2 aromatic rings. The third-order valence-corrected chi connectivity index (χ3v) is 4.75. The number of hydrogen-bond acceptors (Lipinski definition) is 4. The molecule has 6 nitrogen and oxygen atoms in total. The second kappa shape index (κ2) is 8.57. The minimum Gasteiger partial charge on any atom is -0.351 e. The highest BCUT2D eigenvalue weighted by molar-refractivity contribution is 8.00. The molecule has 1 unspecified atom stereocenters. The minimum absolute atomic E-state index is 0.0418. The molecule has 0 spiro atoms. The molecule has 124 valence electrons. The molecule has 7 heteroatoms. The summed E-state index contributed by atoms with van der Waals surface area (Å²) in [5.41, 5.74) is 0.831. The van der Waals surface area contributed by atoms with Gasteiger partial charge >= 0.3 is 5.69 Å². The molecule has 0 aliphatic heterocycles. The van der Waals surface area contributed by atoms with Gasteiger partial charge in [-0.25, -0.2) is 9.89 Å². The van der Waals surface area contributed by atoms with E-state index >= 15 is 0 Å². The van der Waals surface area contributed by atoms with Gasteiger partial charge in [0.1, 0.15) is 0 Å². The van der Waals surface area contributed by atoms with E-state index in [4.69, 9.17) is 0 Å². The number of thioether (sulfide) groups is 1. The Morgan fingerprint density at radius 1 is 1.35 bits per heavy atom. The molecule has 0 saturated heterocycles. The zero-order valence-electron chi connectivity index (χ0n) is 13.4. The smallest absolute Gasteiger partial charge is 0.343 e. The van der Waals surface area contributed by atoms with Crippen LogP contribution in [-0.4, -0.2) is 25.9 Å². The number of aromatic nitrogens is 3. The van der Waals surface area contributed by atoms with Crippen LogP contribution in [0.25, 0.3) is 0 Å². The van der Waals surface area contributed by atoms with Crippen LogP contribution in [0.4, 0.5) is 0 Å². The summed E-state index contributed by atoms with van der Waals surface area (Å²) in [6, 6.07) is 9.78. The van der Waals surface area contributed by atoms with Crippen LogP contribution in [0.5, 0.6) is 0 Å². The van der Waals surface area contributed by atoms with E-state index in [-0.39, 0.29) is 16.8 Å². The Morgan fingerprint density at radius 2 is 2.09 bits per heavy atom. The van der Waals surface area contributed by atoms with Crippen molar-refractivity contribution in [1.29, 1.82) is 0 Å². The van der Waals surface area contributed by atoms with Gasteiger partial charge in [-0.15, -0.1) is 5.10 Å². The number of amides is 1. The van der Waals surface area contributed by atoms with Crippen molar-refractivity contribution in [3.05, 3.63) is 46.4 Å². The molecular formula is C16H22N4O2S. The second-order valence-electron chi connectivity index (χ2n) is 5.18. The summed E-state index contributed by atoms with van der Waals surface area (Å²) in [6.45, 7) is 5.05. The first-order chi connectivity index (χ1) is 11.2. The normalized spacial score (nSPS) is 12.1. The van der Waals surface area contributed by atoms with E-state index < -0.39 is 0 Å². The summed E-state index contributed by atoms with van der Waals surface area (Å²) in [4.78, 5) is 24.1. The van der Waals surface area contributed by atoms with E-state index in [0.717, 1.165) is 12.0 Å². The van der Waals surface area contributed by atoms with E-state index in [9.17, 15) is 9.59 Å². The lowest BCUT2D eigenvalue weighted by Crippen LogP contribution is -2.32. The van der Waals surface area contributed by atoms with Gasteiger partial charge in [-0.1, -0.05) is 55.9 Å². The Morgan fingerprint density at radius 3 is 2.74 bits per heavy atom. The molecule has 2 N–H and O–H groups in total. The highest BCUT2D eigenvalue weighted by atomic mass is 32.2. The maximum Gasteiger partial charge on any atom is 0.343 e. The number of benzene rings is 1. The van der Waals surface area contributed by atoms with E-state index in [0.29, 0.717) is 24.7 Å². The molecule has 0 aliphatic rings. The summed E-state index contributed by atoms with van der Waals surface area (Å²) in [6.07, 6.45) is 1.50. The van der Waals surface area contributed by atoms with Crippen LogP contribution < -0.4 is 11.0 Å². The predicted molar refractivity (Wildman–Crippen MR) is 91.4 cm³/mol. The van der Waals surface area contributed by atoms with Crippen molar-refractivity contribution in [2.45, 2.75) is 50.2 Å². The molecule has 0 radical (unpaired) electrons. The summed E-state index contributed by atoms with van der Waals surface area (Å²) in [5, 5.41) is 9.72. The molecular weight excluding hydrogens is 312 g/mol. The van der Waals surface area contributed by atoms with Crippen LogP contribution >= 0.6 is 11.8 Å². The number of hydrogen-bond donors (Lipinski definition) is 2. The van der Waals surface area contributed by atoms with E-state index in [1.165, 1.54) is 11.8 Å². The third-order valence-electron chi connectivity index (χ3n) is 3.39. The lowest BCUT2D eigenvalue weighted by atomic mass is 10.2. The van der Waals surface area contributed by atoms with Gasteiger partial charge in [0, 0.05) is 13.1 Å². The number of aromatic amines is 1. The van der Waals surface area contributed by atoms with Crippen LogP contribution in [0.3, 0.4) is 0 Å². The third kappa shape index (κ3) is 4.72. The Hall–Kier alpha value is -2.02. The Labute approximate surface area is 139 Å². The number of carbonyl (C=O) groups is 1. The molecule has 0 fully saturated rings. The number of carbonyl (C=O) groups excluding carboxylic acids is 1. The SMILES string of the molecule is CCCn1c(SC(CC)C(=O)NCc2ccccc2)n[nH]c1=O. The average molecular weight is 334 g/mol.